The molecule has 0 bridgehead atoms. The first-order chi connectivity index (χ1) is 11.5. The highest BCUT2D eigenvalue weighted by atomic mass is 16.2. The summed E-state index contributed by atoms with van der Waals surface area (Å²) in [6.07, 6.45) is 3.50. The maximum Gasteiger partial charge on any atom is 0.239 e. The molecule has 2 aliphatic rings. The van der Waals surface area contributed by atoms with E-state index in [0.717, 1.165) is 32.5 Å². The molecule has 2 saturated heterocycles. The smallest absolute Gasteiger partial charge is 0.239 e. The van der Waals surface area contributed by atoms with Crippen molar-refractivity contribution in [3.8, 4) is 0 Å². The van der Waals surface area contributed by atoms with Crippen LogP contribution in [0.3, 0.4) is 0 Å². The molecule has 0 aliphatic carbocycles. The first-order valence-electron chi connectivity index (χ1n) is 9.30. The molecule has 1 spiro atoms. The average Bonchev–Trinajstić information content (AvgIpc) is 2.97. The molecule has 2 fully saturated rings. The molecular formula is C20H31N3O. The number of carbonyl (C=O) groups excluding carboxylic acids is 1. The number of benzene rings is 1. The number of piperidine rings is 1. The number of carbonyl (C=O) groups is 1. The van der Waals surface area contributed by atoms with E-state index in [1.54, 1.807) is 0 Å². The van der Waals surface area contributed by atoms with Gasteiger partial charge in [0, 0.05) is 26.2 Å². The van der Waals surface area contributed by atoms with Gasteiger partial charge in [0.15, 0.2) is 0 Å². The Kier molecular flexibility index (Phi) is 5.26. The molecule has 0 radical (unpaired) electrons. The van der Waals surface area contributed by atoms with Crippen LogP contribution in [-0.4, -0.2) is 47.9 Å². The third-order valence-corrected chi connectivity index (χ3v) is 5.91. The van der Waals surface area contributed by atoms with Crippen molar-refractivity contribution in [1.82, 2.24) is 9.80 Å². The Morgan fingerprint density at radius 3 is 2.38 bits per heavy atom. The van der Waals surface area contributed by atoms with Crippen molar-refractivity contribution in [2.45, 2.75) is 45.7 Å². The van der Waals surface area contributed by atoms with E-state index in [1.165, 1.54) is 25.1 Å². The van der Waals surface area contributed by atoms with Gasteiger partial charge in [-0.05, 0) is 42.7 Å². The van der Waals surface area contributed by atoms with Gasteiger partial charge < -0.3 is 10.6 Å². The molecule has 4 nitrogen and oxygen atoms in total. The lowest BCUT2D eigenvalue weighted by Crippen LogP contribution is -2.51. The van der Waals surface area contributed by atoms with E-state index in [9.17, 15) is 4.79 Å². The summed E-state index contributed by atoms with van der Waals surface area (Å²) in [6, 6.07) is 10.4. The van der Waals surface area contributed by atoms with Crippen LogP contribution in [0.2, 0.25) is 0 Å². The van der Waals surface area contributed by atoms with Crippen LogP contribution in [0.4, 0.5) is 0 Å². The zero-order chi connectivity index (χ0) is 17.2. The van der Waals surface area contributed by atoms with Gasteiger partial charge in [0.2, 0.25) is 5.91 Å². The Bertz CT molecular complexity index is 549. The molecule has 1 amide bonds. The molecule has 1 aromatic carbocycles. The standard InChI is InChI=1S/C20H31N3O/c1-16(2)18(21)19(24)23-12-9-20(10-13-23)8-11-22(15-20)14-17-6-4-3-5-7-17/h3-7,16,18H,8-15,21H2,1-2H3/t18-/m1/s1. The van der Waals surface area contributed by atoms with E-state index in [2.05, 4.69) is 35.2 Å². The summed E-state index contributed by atoms with van der Waals surface area (Å²) in [4.78, 5) is 17.0. The summed E-state index contributed by atoms with van der Waals surface area (Å²) in [5.41, 5.74) is 7.85. The van der Waals surface area contributed by atoms with Crippen molar-refractivity contribution in [1.29, 1.82) is 0 Å². The monoisotopic (exact) mass is 329 g/mol. The van der Waals surface area contributed by atoms with Crippen molar-refractivity contribution in [2.24, 2.45) is 17.1 Å². The lowest BCUT2D eigenvalue weighted by Gasteiger charge is -2.40. The molecule has 3 rings (SSSR count). The van der Waals surface area contributed by atoms with E-state index in [4.69, 9.17) is 5.73 Å². The van der Waals surface area contributed by atoms with Gasteiger partial charge in [-0.15, -0.1) is 0 Å². The predicted molar refractivity (Wildman–Crippen MR) is 97.4 cm³/mol. The Morgan fingerprint density at radius 2 is 1.75 bits per heavy atom. The van der Waals surface area contributed by atoms with Crippen molar-refractivity contribution in [3.63, 3.8) is 0 Å². The van der Waals surface area contributed by atoms with Gasteiger partial charge in [-0.2, -0.15) is 0 Å². The van der Waals surface area contributed by atoms with Gasteiger partial charge in [-0.25, -0.2) is 0 Å². The minimum atomic E-state index is -0.350. The van der Waals surface area contributed by atoms with Crippen LogP contribution in [0, 0.1) is 11.3 Å². The van der Waals surface area contributed by atoms with Gasteiger partial charge in [0.05, 0.1) is 6.04 Å². The van der Waals surface area contributed by atoms with E-state index in [0.29, 0.717) is 5.41 Å². The average molecular weight is 329 g/mol. The summed E-state index contributed by atoms with van der Waals surface area (Å²) >= 11 is 0. The fourth-order valence-corrected chi connectivity index (χ4v) is 4.11. The molecule has 4 heteroatoms. The zero-order valence-electron chi connectivity index (χ0n) is 15.1. The van der Waals surface area contributed by atoms with Crippen molar-refractivity contribution < 1.29 is 4.79 Å². The second-order valence-corrected chi connectivity index (χ2v) is 8.04. The third kappa shape index (κ3) is 3.81. The molecule has 2 N–H and O–H groups in total. The largest absolute Gasteiger partial charge is 0.341 e. The number of likely N-dealkylation sites (tertiary alicyclic amines) is 2. The van der Waals surface area contributed by atoms with Crippen molar-refractivity contribution >= 4 is 5.91 Å². The maximum absolute atomic E-state index is 12.4. The topological polar surface area (TPSA) is 49.6 Å². The number of rotatable bonds is 4. The molecule has 0 unspecified atom stereocenters. The van der Waals surface area contributed by atoms with Gasteiger partial charge in [0.1, 0.15) is 0 Å². The summed E-state index contributed by atoms with van der Waals surface area (Å²) in [6.45, 7) is 9.17. The zero-order valence-corrected chi connectivity index (χ0v) is 15.1. The summed E-state index contributed by atoms with van der Waals surface area (Å²) in [5, 5.41) is 0. The molecular weight excluding hydrogens is 298 g/mol. The van der Waals surface area contributed by atoms with Crippen LogP contribution in [-0.2, 0) is 11.3 Å². The highest BCUT2D eigenvalue weighted by Gasteiger charge is 2.41. The van der Waals surface area contributed by atoms with Crippen LogP contribution >= 0.6 is 0 Å². The lowest BCUT2D eigenvalue weighted by atomic mass is 9.77. The highest BCUT2D eigenvalue weighted by Crippen LogP contribution is 2.40. The van der Waals surface area contributed by atoms with Crippen molar-refractivity contribution in [3.05, 3.63) is 35.9 Å². The van der Waals surface area contributed by atoms with Gasteiger partial charge in [-0.3, -0.25) is 9.69 Å². The minimum absolute atomic E-state index is 0.138. The summed E-state index contributed by atoms with van der Waals surface area (Å²) < 4.78 is 0. The maximum atomic E-state index is 12.4. The van der Waals surface area contributed by atoms with Gasteiger partial charge in [-0.1, -0.05) is 44.2 Å². The van der Waals surface area contributed by atoms with E-state index in [1.807, 2.05) is 18.7 Å². The molecule has 0 aromatic heterocycles. The molecule has 2 aliphatic heterocycles. The SMILES string of the molecule is CC(C)[C@@H](N)C(=O)N1CCC2(CCN(Cc3ccccc3)C2)CC1. The minimum Gasteiger partial charge on any atom is -0.341 e. The number of hydrogen-bond donors (Lipinski definition) is 1. The normalized spacial score (nSPS) is 22.2. The number of amides is 1. The molecule has 1 atom stereocenters. The number of hydrogen-bond acceptors (Lipinski definition) is 3. The summed E-state index contributed by atoms with van der Waals surface area (Å²) in [5.74, 6) is 0.347. The second kappa shape index (κ2) is 7.24. The first-order valence-corrected chi connectivity index (χ1v) is 9.30. The molecule has 24 heavy (non-hydrogen) atoms. The van der Waals surface area contributed by atoms with Crippen LogP contribution in [0.15, 0.2) is 30.3 Å². The fourth-order valence-electron chi connectivity index (χ4n) is 4.11. The van der Waals surface area contributed by atoms with Crippen LogP contribution in [0.5, 0.6) is 0 Å². The highest BCUT2D eigenvalue weighted by molar-refractivity contribution is 5.82. The molecule has 1 aromatic rings. The van der Waals surface area contributed by atoms with Gasteiger partial charge >= 0.3 is 0 Å². The van der Waals surface area contributed by atoms with E-state index >= 15 is 0 Å². The van der Waals surface area contributed by atoms with E-state index < -0.39 is 0 Å². The molecule has 0 saturated carbocycles. The van der Waals surface area contributed by atoms with E-state index in [-0.39, 0.29) is 17.9 Å². The second-order valence-electron chi connectivity index (χ2n) is 8.04. The first kappa shape index (κ1) is 17.4. The number of nitrogens with zero attached hydrogens (tertiary/aromatic N) is 2. The lowest BCUT2D eigenvalue weighted by molar-refractivity contribution is -0.135. The third-order valence-electron chi connectivity index (χ3n) is 5.91. The predicted octanol–water partition coefficient (Wildman–Crippen LogP) is 2.48. The van der Waals surface area contributed by atoms with Crippen molar-refractivity contribution in [2.75, 3.05) is 26.2 Å². The molecule has 2 heterocycles. The Labute approximate surface area is 146 Å². The fraction of sp³-hybridized carbons (Fsp3) is 0.650. The van der Waals surface area contributed by atoms with Crippen LogP contribution in [0.1, 0.15) is 38.7 Å². The Morgan fingerprint density at radius 1 is 1.12 bits per heavy atom. The van der Waals surface area contributed by atoms with Crippen LogP contribution < -0.4 is 5.73 Å². The Hall–Kier alpha value is -1.39. The Balaban J connectivity index is 1.52. The summed E-state index contributed by atoms with van der Waals surface area (Å²) in [7, 11) is 0. The number of nitrogens with two attached hydrogens (primary N) is 1. The van der Waals surface area contributed by atoms with Crippen LogP contribution in [0.25, 0.3) is 0 Å². The van der Waals surface area contributed by atoms with Gasteiger partial charge in [0.25, 0.3) is 0 Å². The molecule has 132 valence electrons. The quantitative estimate of drug-likeness (QED) is 0.923.